The highest BCUT2D eigenvalue weighted by Crippen LogP contribution is 2.28. The van der Waals surface area contributed by atoms with Gasteiger partial charge in [0.2, 0.25) is 0 Å². The van der Waals surface area contributed by atoms with Crippen molar-refractivity contribution in [2.75, 3.05) is 23.4 Å². The second-order valence-electron chi connectivity index (χ2n) is 7.96. The van der Waals surface area contributed by atoms with E-state index in [0.29, 0.717) is 22.7 Å². The van der Waals surface area contributed by atoms with Crippen LogP contribution < -0.4 is 25.4 Å². The van der Waals surface area contributed by atoms with Crippen LogP contribution in [0.5, 0.6) is 11.5 Å². The molecule has 0 saturated carbocycles. The van der Waals surface area contributed by atoms with Crippen molar-refractivity contribution >= 4 is 35.2 Å². The van der Waals surface area contributed by atoms with E-state index in [2.05, 4.69) is 5.32 Å². The van der Waals surface area contributed by atoms with Crippen LogP contribution in [-0.4, -0.2) is 43.1 Å². The lowest BCUT2D eigenvalue weighted by Crippen LogP contribution is -2.27. The number of amidine groups is 1. The smallest absolute Gasteiger partial charge is 0.414 e. The van der Waals surface area contributed by atoms with Gasteiger partial charge >= 0.3 is 12.1 Å². The number of hydrogen-bond donors (Lipinski definition) is 3. The zero-order valence-electron chi connectivity index (χ0n) is 19.4. The summed E-state index contributed by atoms with van der Waals surface area (Å²) >= 11 is 0. The van der Waals surface area contributed by atoms with Crippen LogP contribution >= 0.6 is 0 Å². The number of amides is 2. The molecule has 0 spiro atoms. The van der Waals surface area contributed by atoms with Crippen molar-refractivity contribution < 1.29 is 28.6 Å². The Morgan fingerprint density at radius 1 is 1.11 bits per heavy atom. The molecule has 4 N–H and O–H groups in total. The fourth-order valence-electron chi connectivity index (χ4n) is 3.59. The maximum absolute atomic E-state index is 12.7. The van der Waals surface area contributed by atoms with Crippen molar-refractivity contribution in [3.05, 3.63) is 83.9 Å². The van der Waals surface area contributed by atoms with E-state index in [0.717, 1.165) is 0 Å². The molecule has 10 nitrogen and oxygen atoms in total. The second kappa shape index (κ2) is 10.6. The molecule has 1 heterocycles. The zero-order chi connectivity index (χ0) is 25.7. The molecule has 1 aliphatic rings. The first-order chi connectivity index (χ1) is 17.3. The van der Waals surface area contributed by atoms with E-state index in [1.54, 1.807) is 54.6 Å². The van der Waals surface area contributed by atoms with Crippen LogP contribution in [0.4, 0.5) is 16.2 Å². The monoisotopic (exact) mass is 488 g/mol. The SMILES string of the molecule is CC(=O)Oc1cc(OCC2CN(c3cccc(C(=N)N)c3)C(=O)O2)ccc1C(=O)Nc1ccccc1. The lowest BCUT2D eigenvalue weighted by Gasteiger charge is -2.15. The van der Waals surface area contributed by atoms with Crippen molar-refractivity contribution in [1.29, 1.82) is 5.41 Å². The third-order valence-electron chi connectivity index (χ3n) is 5.26. The number of nitrogen functional groups attached to an aromatic ring is 1. The van der Waals surface area contributed by atoms with Gasteiger partial charge in [-0.1, -0.05) is 30.3 Å². The van der Waals surface area contributed by atoms with Crippen molar-refractivity contribution in [2.24, 2.45) is 5.73 Å². The fraction of sp³-hybridized carbons (Fsp3) is 0.154. The minimum absolute atomic E-state index is 0.0315. The standard InChI is InChI=1S/C26H24N4O6/c1-16(31)35-23-13-20(10-11-22(23)25(32)29-18-7-3-2-4-8-18)34-15-21-14-30(26(33)36-21)19-9-5-6-17(12-19)24(27)28/h2-13,21H,14-15H2,1H3,(H3,27,28)(H,29,32). The zero-order valence-corrected chi connectivity index (χ0v) is 19.4. The van der Waals surface area contributed by atoms with Gasteiger partial charge in [0.15, 0.2) is 6.10 Å². The summed E-state index contributed by atoms with van der Waals surface area (Å²) in [4.78, 5) is 38.2. The van der Waals surface area contributed by atoms with E-state index in [-0.39, 0.29) is 30.3 Å². The van der Waals surface area contributed by atoms with Crippen LogP contribution in [0.3, 0.4) is 0 Å². The second-order valence-corrected chi connectivity index (χ2v) is 7.96. The third kappa shape index (κ3) is 5.79. The number of ether oxygens (including phenoxy) is 3. The lowest BCUT2D eigenvalue weighted by molar-refractivity contribution is -0.131. The van der Waals surface area contributed by atoms with Gasteiger partial charge in [0, 0.05) is 29.9 Å². The summed E-state index contributed by atoms with van der Waals surface area (Å²) in [5.74, 6) is -0.768. The molecule has 1 atom stereocenters. The highest BCUT2D eigenvalue weighted by molar-refractivity contribution is 6.06. The number of benzene rings is 3. The van der Waals surface area contributed by atoms with E-state index in [1.165, 1.54) is 24.0 Å². The predicted molar refractivity (Wildman–Crippen MR) is 133 cm³/mol. The molecule has 1 aliphatic heterocycles. The van der Waals surface area contributed by atoms with E-state index in [1.807, 2.05) is 6.07 Å². The normalized spacial score (nSPS) is 14.6. The van der Waals surface area contributed by atoms with E-state index in [9.17, 15) is 14.4 Å². The van der Waals surface area contributed by atoms with Gasteiger partial charge in [0.05, 0.1) is 12.1 Å². The van der Waals surface area contributed by atoms with Crippen LogP contribution in [0.1, 0.15) is 22.8 Å². The Hall–Kier alpha value is -4.86. The summed E-state index contributed by atoms with van der Waals surface area (Å²) in [5, 5.41) is 10.3. The van der Waals surface area contributed by atoms with E-state index in [4.69, 9.17) is 25.4 Å². The molecule has 0 aliphatic carbocycles. The van der Waals surface area contributed by atoms with E-state index < -0.39 is 24.1 Å². The first-order valence-electron chi connectivity index (χ1n) is 11.0. The first kappa shape index (κ1) is 24.3. The molecular weight excluding hydrogens is 464 g/mol. The Morgan fingerprint density at radius 2 is 1.89 bits per heavy atom. The Balaban J connectivity index is 1.43. The molecule has 2 amide bonds. The summed E-state index contributed by atoms with van der Waals surface area (Å²) < 4.78 is 16.4. The Kier molecular flexibility index (Phi) is 7.15. The minimum Gasteiger partial charge on any atom is -0.490 e. The number of esters is 1. The van der Waals surface area contributed by atoms with Crippen LogP contribution in [0.15, 0.2) is 72.8 Å². The molecule has 1 unspecified atom stereocenters. The predicted octanol–water partition coefficient (Wildman–Crippen LogP) is 3.55. The molecule has 1 saturated heterocycles. The highest BCUT2D eigenvalue weighted by Gasteiger charge is 2.33. The maximum Gasteiger partial charge on any atom is 0.414 e. The van der Waals surface area contributed by atoms with Gasteiger partial charge < -0.3 is 25.3 Å². The van der Waals surface area contributed by atoms with Gasteiger partial charge in [0.1, 0.15) is 23.9 Å². The van der Waals surface area contributed by atoms with Gasteiger partial charge in [0.25, 0.3) is 5.91 Å². The number of anilines is 2. The molecule has 36 heavy (non-hydrogen) atoms. The van der Waals surface area contributed by atoms with Crippen molar-refractivity contribution in [1.82, 2.24) is 0 Å². The largest absolute Gasteiger partial charge is 0.490 e. The average molecular weight is 489 g/mol. The van der Waals surface area contributed by atoms with Gasteiger partial charge in [-0.25, -0.2) is 4.79 Å². The van der Waals surface area contributed by atoms with Gasteiger partial charge in [-0.2, -0.15) is 0 Å². The summed E-state index contributed by atoms with van der Waals surface area (Å²) in [7, 11) is 0. The topological polar surface area (TPSA) is 144 Å². The molecule has 0 aromatic heterocycles. The summed E-state index contributed by atoms with van der Waals surface area (Å²) in [5.41, 5.74) is 7.34. The number of rotatable bonds is 8. The maximum atomic E-state index is 12.7. The Bertz CT molecular complexity index is 1310. The summed E-state index contributed by atoms with van der Waals surface area (Å²) in [6.45, 7) is 1.50. The number of nitrogens with one attached hydrogen (secondary N) is 2. The van der Waals surface area contributed by atoms with E-state index >= 15 is 0 Å². The number of nitrogens with two attached hydrogens (primary N) is 1. The van der Waals surface area contributed by atoms with Gasteiger partial charge in [-0.3, -0.25) is 19.9 Å². The summed E-state index contributed by atoms with van der Waals surface area (Å²) in [6.07, 6.45) is -1.12. The molecule has 3 aromatic carbocycles. The number of hydrogen-bond acceptors (Lipinski definition) is 7. The quantitative estimate of drug-likeness (QED) is 0.190. The molecule has 3 aromatic rings. The van der Waals surface area contributed by atoms with Crippen LogP contribution in [-0.2, 0) is 9.53 Å². The number of para-hydroxylation sites is 1. The minimum atomic E-state index is -0.589. The van der Waals surface area contributed by atoms with Gasteiger partial charge in [-0.15, -0.1) is 0 Å². The molecule has 0 radical (unpaired) electrons. The Labute approximate surface area is 207 Å². The molecule has 184 valence electrons. The first-order valence-corrected chi connectivity index (χ1v) is 11.0. The van der Waals surface area contributed by atoms with Crippen LogP contribution in [0.25, 0.3) is 0 Å². The van der Waals surface area contributed by atoms with Crippen LogP contribution in [0, 0.1) is 5.41 Å². The number of cyclic esters (lactones) is 1. The molecule has 0 bridgehead atoms. The molecule has 4 rings (SSSR count). The van der Waals surface area contributed by atoms with Crippen molar-refractivity contribution in [3.8, 4) is 11.5 Å². The molecule has 1 fully saturated rings. The number of nitrogens with zero attached hydrogens (tertiary/aromatic N) is 1. The summed E-state index contributed by atoms with van der Waals surface area (Å²) in [6, 6.07) is 20.1. The van der Waals surface area contributed by atoms with Crippen LogP contribution in [0.2, 0.25) is 0 Å². The third-order valence-corrected chi connectivity index (χ3v) is 5.26. The Morgan fingerprint density at radius 3 is 2.61 bits per heavy atom. The molecule has 10 heteroatoms. The fourth-order valence-corrected chi connectivity index (χ4v) is 3.59. The van der Waals surface area contributed by atoms with Crippen molar-refractivity contribution in [3.63, 3.8) is 0 Å². The average Bonchev–Trinajstić information content (AvgIpc) is 3.23. The van der Waals surface area contributed by atoms with Crippen molar-refractivity contribution in [2.45, 2.75) is 13.0 Å². The molecular formula is C26H24N4O6. The lowest BCUT2D eigenvalue weighted by atomic mass is 10.1. The number of carbonyl (C=O) groups is 3. The number of carbonyl (C=O) groups excluding carboxylic acids is 3. The van der Waals surface area contributed by atoms with Gasteiger partial charge in [-0.05, 0) is 36.4 Å². The highest BCUT2D eigenvalue weighted by atomic mass is 16.6.